The summed E-state index contributed by atoms with van der Waals surface area (Å²) in [5.74, 6) is 0.654. The molecule has 4 rings (SSSR count). The molecule has 0 amide bonds. The first-order valence-corrected chi connectivity index (χ1v) is 7.62. The SMILES string of the molecule is Nc1cnc(-c2ccc3c(O)cccc3c2)c(-c2ccccc2)n1. The van der Waals surface area contributed by atoms with E-state index in [2.05, 4.69) is 9.97 Å². The van der Waals surface area contributed by atoms with Crippen molar-refractivity contribution in [1.29, 1.82) is 0 Å². The first-order valence-electron chi connectivity index (χ1n) is 7.62. The van der Waals surface area contributed by atoms with Crippen molar-refractivity contribution in [3.63, 3.8) is 0 Å². The van der Waals surface area contributed by atoms with Crippen LogP contribution in [0.4, 0.5) is 5.82 Å². The van der Waals surface area contributed by atoms with Crippen LogP contribution < -0.4 is 5.73 Å². The second kappa shape index (κ2) is 5.66. The van der Waals surface area contributed by atoms with Crippen LogP contribution in [0, 0.1) is 0 Å². The number of aromatic nitrogens is 2. The molecule has 3 aromatic carbocycles. The fraction of sp³-hybridized carbons (Fsp3) is 0. The van der Waals surface area contributed by atoms with Gasteiger partial charge in [-0.15, -0.1) is 0 Å². The number of phenols is 1. The zero-order valence-electron chi connectivity index (χ0n) is 12.8. The lowest BCUT2D eigenvalue weighted by atomic mass is 10.0. The van der Waals surface area contributed by atoms with E-state index in [1.165, 1.54) is 0 Å². The topological polar surface area (TPSA) is 72.0 Å². The average Bonchev–Trinajstić information content (AvgIpc) is 2.62. The van der Waals surface area contributed by atoms with Crippen LogP contribution in [0.1, 0.15) is 0 Å². The van der Waals surface area contributed by atoms with Gasteiger partial charge >= 0.3 is 0 Å². The van der Waals surface area contributed by atoms with Crippen molar-refractivity contribution in [3.05, 3.63) is 72.9 Å². The number of aromatic hydroxyl groups is 1. The molecule has 24 heavy (non-hydrogen) atoms. The molecule has 0 saturated heterocycles. The first kappa shape index (κ1) is 14.2. The van der Waals surface area contributed by atoms with Gasteiger partial charge in [-0.2, -0.15) is 0 Å². The van der Waals surface area contributed by atoms with Crippen LogP contribution in [-0.4, -0.2) is 15.1 Å². The monoisotopic (exact) mass is 313 g/mol. The maximum absolute atomic E-state index is 9.96. The molecule has 0 aliphatic carbocycles. The molecule has 4 heteroatoms. The molecule has 0 unspecified atom stereocenters. The second-order valence-electron chi connectivity index (χ2n) is 5.57. The van der Waals surface area contributed by atoms with Crippen LogP contribution in [0.2, 0.25) is 0 Å². The van der Waals surface area contributed by atoms with Gasteiger partial charge in [0, 0.05) is 16.5 Å². The number of nitrogens with zero attached hydrogens (tertiary/aromatic N) is 2. The lowest BCUT2D eigenvalue weighted by molar-refractivity contribution is 0.481. The highest BCUT2D eigenvalue weighted by Crippen LogP contribution is 2.33. The Labute approximate surface area is 139 Å². The second-order valence-corrected chi connectivity index (χ2v) is 5.57. The number of hydrogen-bond acceptors (Lipinski definition) is 4. The van der Waals surface area contributed by atoms with Gasteiger partial charge in [-0.05, 0) is 23.6 Å². The summed E-state index contributed by atoms with van der Waals surface area (Å²) in [7, 11) is 0. The van der Waals surface area contributed by atoms with Crippen LogP contribution in [0.5, 0.6) is 5.75 Å². The maximum atomic E-state index is 9.96. The molecule has 0 aliphatic heterocycles. The van der Waals surface area contributed by atoms with Crippen molar-refractivity contribution in [3.8, 4) is 28.3 Å². The molecule has 116 valence electrons. The van der Waals surface area contributed by atoms with Crippen molar-refractivity contribution < 1.29 is 5.11 Å². The standard InChI is InChI=1S/C20H15N3O/c21-18-12-22-19(20(23-18)13-5-2-1-3-6-13)15-9-10-16-14(11-15)7-4-8-17(16)24/h1-12,24H,(H2,21,23). The quantitative estimate of drug-likeness (QED) is 0.580. The van der Waals surface area contributed by atoms with Gasteiger partial charge in [-0.25, -0.2) is 4.98 Å². The fourth-order valence-electron chi connectivity index (χ4n) is 2.83. The minimum atomic E-state index is 0.269. The Morgan fingerprint density at radius 2 is 1.62 bits per heavy atom. The number of benzene rings is 3. The summed E-state index contributed by atoms with van der Waals surface area (Å²) < 4.78 is 0. The summed E-state index contributed by atoms with van der Waals surface area (Å²) in [6.07, 6.45) is 1.56. The van der Waals surface area contributed by atoms with Gasteiger partial charge in [0.2, 0.25) is 0 Å². The predicted molar refractivity (Wildman–Crippen MR) is 96.5 cm³/mol. The lowest BCUT2D eigenvalue weighted by Gasteiger charge is -2.10. The Balaban J connectivity index is 1.94. The van der Waals surface area contributed by atoms with Crippen LogP contribution >= 0.6 is 0 Å². The molecule has 4 aromatic rings. The van der Waals surface area contributed by atoms with Crippen molar-refractivity contribution >= 4 is 16.6 Å². The highest BCUT2D eigenvalue weighted by atomic mass is 16.3. The van der Waals surface area contributed by atoms with Crippen molar-refractivity contribution in [2.24, 2.45) is 0 Å². The summed E-state index contributed by atoms with van der Waals surface area (Å²) >= 11 is 0. The van der Waals surface area contributed by atoms with Gasteiger partial charge in [0.1, 0.15) is 11.6 Å². The third kappa shape index (κ3) is 2.44. The van der Waals surface area contributed by atoms with E-state index in [0.29, 0.717) is 5.82 Å². The van der Waals surface area contributed by atoms with Crippen LogP contribution in [-0.2, 0) is 0 Å². The van der Waals surface area contributed by atoms with E-state index < -0.39 is 0 Å². The van der Waals surface area contributed by atoms with Crippen LogP contribution in [0.25, 0.3) is 33.3 Å². The molecule has 0 atom stereocenters. The van der Waals surface area contributed by atoms with E-state index in [-0.39, 0.29) is 5.75 Å². The minimum Gasteiger partial charge on any atom is -0.507 e. The Morgan fingerprint density at radius 1 is 0.792 bits per heavy atom. The normalized spacial score (nSPS) is 10.8. The predicted octanol–water partition coefficient (Wildman–Crippen LogP) is 4.25. The molecule has 1 heterocycles. The number of nitrogen functional groups attached to an aromatic ring is 1. The molecule has 0 radical (unpaired) electrons. The van der Waals surface area contributed by atoms with E-state index in [1.807, 2.05) is 60.7 Å². The largest absolute Gasteiger partial charge is 0.507 e. The summed E-state index contributed by atoms with van der Waals surface area (Å²) in [5, 5.41) is 11.7. The van der Waals surface area contributed by atoms with Crippen LogP contribution in [0.3, 0.4) is 0 Å². The number of fused-ring (bicyclic) bond motifs is 1. The van der Waals surface area contributed by atoms with Crippen molar-refractivity contribution in [1.82, 2.24) is 9.97 Å². The zero-order valence-corrected chi connectivity index (χ0v) is 12.8. The highest BCUT2D eigenvalue weighted by Gasteiger charge is 2.12. The Hall–Kier alpha value is -3.40. The van der Waals surface area contributed by atoms with E-state index in [9.17, 15) is 5.11 Å². The van der Waals surface area contributed by atoms with Gasteiger partial charge in [-0.1, -0.05) is 48.5 Å². The summed E-state index contributed by atoms with van der Waals surface area (Å²) in [6, 6.07) is 21.2. The van der Waals surface area contributed by atoms with Crippen molar-refractivity contribution in [2.45, 2.75) is 0 Å². The number of rotatable bonds is 2. The molecule has 0 saturated carbocycles. The zero-order chi connectivity index (χ0) is 16.5. The van der Waals surface area contributed by atoms with Gasteiger partial charge in [0.15, 0.2) is 0 Å². The summed E-state index contributed by atoms with van der Waals surface area (Å²) in [4.78, 5) is 8.99. The highest BCUT2D eigenvalue weighted by molar-refractivity contribution is 5.92. The number of hydrogen-bond donors (Lipinski definition) is 2. The van der Waals surface area contributed by atoms with Crippen molar-refractivity contribution in [2.75, 3.05) is 5.73 Å². The van der Waals surface area contributed by atoms with E-state index >= 15 is 0 Å². The molecule has 0 aliphatic rings. The Kier molecular flexibility index (Phi) is 3.35. The maximum Gasteiger partial charge on any atom is 0.142 e. The molecule has 4 nitrogen and oxygen atoms in total. The van der Waals surface area contributed by atoms with E-state index in [0.717, 1.165) is 33.3 Å². The third-order valence-corrected chi connectivity index (χ3v) is 3.97. The Morgan fingerprint density at radius 3 is 2.46 bits per heavy atom. The van der Waals surface area contributed by atoms with E-state index in [1.54, 1.807) is 12.3 Å². The molecular formula is C20H15N3O. The lowest BCUT2D eigenvalue weighted by Crippen LogP contribution is -1.98. The molecule has 0 spiro atoms. The minimum absolute atomic E-state index is 0.269. The first-order chi connectivity index (χ1) is 11.7. The Bertz CT molecular complexity index is 1030. The summed E-state index contributed by atoms with van der Waals surface area (Å²) in [6.45, 7) is 0. The molecule has 1 aromatic heterocycles. The number of nitrogens with two attached hydrogens (primary N) is 1. The number of phenolic OH excluding ortho intramolecular Hbond substituents is 1. The fourth-order valence-corrected chi connectivity index (χ4v) is 2.83. The van der Waals surface area contributed by atoms with Gasteiger partial charge in [-0.3, -0.25) is 4.98 Å². The van der Waals surface area contributed by atoms with Gasteiger partial charge < -0.3 is 10.8 Å². The number of anilines is 1. The van der Waals surface area contributed by atoms with E-state index in [4.69, 9.17) is 5.73 Å². The molecule has 0 bridgehead atoms. The van der Waals surface area contributed by atoms with Crippen LogP contribution in [0.15, 0.2) is 72.9 Å². The molecular weight excluding hydrogens is 298 g/mol. The van der Waals surface area contributed by atoms with Gasteiger partial charge in [0.25, 0.3) is 0 Å². The third-order valence-electron chi connectivity index (χ3n) is 3.97. The molecule has 0 fully saturated rings. The average molecular weight is 313 g/mol. The smallest absolute Gasteiger partial charge is 0.142 e. The summed E-state index contributed by atoms with van der Waals surface area (Å²) in [5.41, 5.74) is 9.25. The molecule has 3 N–H and O–H groups in total. The van der Waals surface area contributed by atoms with Gasteiger partial charge in [0.05, 0.1) is 17.6 Å².